The van der Waals surface area contributed by atoms with Crippen LogP contribution in [0.25, 0.3) is 0 Å². The summed E-state index contributed by atoms with van der Waals surface area (Å²) in [6.45, 7) is 4.11. The van der Waals surface area contributed by atoms with Gasteiger partial charge in [0.1, 0.15) is 0 Å². The van der Waals surface area contributed by atoms with Crippen LogP contribution < -0.4 is 5.11 Å². The molecular formula is C7H13O3-. The van der Waals surface area contributed by atoms with Gasteiger partial charge in [0.05, 0.1) is 12.1 Å². The average Bonchev–Trinajstić information content (AvgIpc) is 1.87. The predicted molar refractivity (Wildman–Crippen MR) is 35.3 cm³/mol. The molecule has 60 valence electrons. The van der Waals surface area contributed by atoms with Crippen LogP contribution in [-0.2, 0) is 9.53 Å². The Kier molecular flexibility index (Phi) is 4.94. The first-order valence-electron chi connectivity index (χ1n) is 3.54. The highest BCUT2D eigenvalue weighted by Gasteiger charge is 2.06. The van der Waals surface area contributed by atoms with Crippen molar-refractivity contribution in [3.05, 3.63) is 0 Å². The number of carbonyl (C=O) groups is 1. The van der Waals surface area contributed by atoms with Crippen molar-refractivity contribution in [2.75, 3.05) is 6.61 Å². The van der Waals surface area contributed by atoms with Crippen molar-refractivity contribution < 1.29 is 14.6 Å². The fourth-order valence-electron chi connectivity index (χ4n) is 0.733. The maximum absolute atomic E-state index is 10.2. The molecule has 0 saturated heterocycles. The smallest absolute Gasteiger partial charge is 0.0968 e. The molecule has 3 heteroatoms. The molecule has 0 aliphatic heterocycles. The molecule has 0 fully saturated rings. The van der Waals surface area contributed by atoms with Crippen molar-refractivity contribution in [3.8, 4) is 0 Å². The van der Waals surface area contributed by atoms with Crippen LogP contribution in [0, 0.1) is 0 Å². The van der Waals surface area contributed by atoms with Crippen molar-refractivity contribution in [1.29, 1.82) is 0 Å². The summed E-state index contributed by atoms with van der Waals surface area (Å²) in [6, 6.07) is 0. The molecule has 0 saturated carbocycles. The Hall–Kier alpha value is -0.570. The molecule has 0 aliphatic carbocycles. The van der Waals surface area contributed by atoms with Gasteiger partial charge in [-0.2, -0.15) is 0 Å². The summed E-state index contributed by atoms with van der Waals surface area (Å²) in [5.41, 5.74) is 0. The first-order valence-corrected chi connectivity index (χ1v) is 3.54. The standard InChI is InChI=1S/C7H14O3/c1-3-5-6(7(8)9)10-4-2/h6H,3-5H2,1-2H3,(H,8,9)/p-1. The lowest BCUT2D eigenvalue weighted by Crippen LogP contribution is -2.37. The van der Waals surface area contributed by atoms with E-state index in [4.69, 9.17) is 4.74 Å². The topological polar surface area (TPSA) is 49.4 Å². The predicted octanol–water partition coefficient (Wildman–Crippen LogP) is -0.0585. The largest absolute Gasteiger partial charge is 0.547 e. The molecular weight excluding hydrogens is 132 g/mol. The van der Waals surface area contributed by atoms with Gasteiger partial charge in [0.25, 0.3) is 0 Å². The zero-order valence-electron chi connectivity index (χ0n) is 6.42. The highest BCUT2D eigenvalue weighted by molar-refractivity contribution is 5.69. The number of carbonyl (C=O) groups excluding carboxylic acids is 1. The van der Waals surface area contributed by atoms with E-state index >= 15 is 0 Å². The minimum Gasteiger partial charge on any atom is -0.547 e. The van der Waals surface area contributed by atoms with Crippen LogP contribution in [0.5, 0.6) is 0 Å². The second-order valence-corrected chi connectivity index (χ2v) is 2.05. The van der Waals surface area contributed by atoms with E-state index in [1.165, 1.54) is 0 Å². The van der Waals surface area contributed by atoms with E-state index in [1.807, 2.05) is 6.92 Å². The molecule has 1 atom stereocenters. The van der Waals surface area contributed by atoms with Crippen LogP contribution in [0.4, 0.5) is 0 Å². The molecule has 0 rings (SSSR count). The van der Waals surface area contributed by atoms with E-state index in [9.17, 15) is 9.90 Å². The van der Waals surface area contributed by atoms with Crippen molar-refractivity contribution in [2.24, 2.45) is 0 Å². The summed E-state index contributed by atoms with van der Waals surface area (Å²) in [7, 11) is 0. The molecule has 0 N–H and O–H groups in total. The fraction of sp³-hybridized carbons (Fsp3) is 0.857. The number of carboxylic acid groups (broad SMARTS) is 1. The first-order chi connectivity index (χ1) is 4.72. The van der Waals surface area contributed by atoms with E-state index in [-0.39, 0.29) is 0 Å². The number of ether oxygens (including phenoxy) is 1. The summed E-state index contributed by atoms with van der Waals surface area (Å²) < 4.78 is 4.88. The highest BCUT2D eigenvalue weighted by Crippen LogP contribution is 1.99. The van der Waals surface area contributed by atoms with Gasteiger partial charge in [0.15, 0.2) is 0 Å². The molecule has 0 radical (unpaired) electrons. The molecule has 0 aromatic heterocycles. The van der Waals surface area contributed by atoms with Gasteiger partial charge in [-0.05, 0) is 13.3 Å². The van der Waals surface area contributed by atoms with Gasteiger partial charge in [-0.1, -0.05) is 13.3 Å². The number of hydrogen-bond donors (Lipinski definition) is 0. The van der Waals surface area contributed by atoms with Crippen molar-refractivity contribution in [1.82, 2.24) is 0 Å². The summed E-state index contributed by atoms with van der Waals surface area (Å²) in [5, 5.41) is 10.2. The van der Waals surface area contributed by atoms with E-state index in [0.717, 1.165) is 6.42 Å². The number of carboxylic acids is 1. The number of aliphatic carboxylic acids is 1. The third-order valence-electron chi connectivity index (χ3n) is 1.18. The second-order valence-electron chi connectivity index (χ2n) is 2.05. The molecule has 0 amide bonds. The van der Waals surface area contributed by atoms with Gasteiger partial charge in [-0.25, -0.2) is 0 Å². The normalized spacial score (nSPS) is 13.0. The number of rotatable bonds is 5. The third kappa shape index (κ3) is 3.45. The lowest BCUT2D eigenvalue weighted by atomic mass is 10.2. The molecule has 0 aliphatic rings. The van der Waals surface area contributed by atoms with Crippen LogP contribution in [0.3, 0.4) is 0 Å². The van der Waals surface area contributed by atoms with Gasteiger partial charge >= 0.3 is 0 Å². The van der Waals surface area contributed by atoms with E-state index < -0.39 is 12.1 Å². The fourth-order valence-corrected chi connectivity index (χ4v) is 0.733. The van der Waals surface area contributed by atoms with Crippen LogP contribution >= 0.6 is 0 Å². The van der Waals surface area contributed by atoms with Gasteiger partial charge < -0.3 is 14.6 Å². The average molecular weight is 145 g/mol. The molecule has 0 bridgehead atoms. The Balaban J connectivity index is 3.61. The molecule has 3 nitrogen and oxygen atoms in total. The first kappa shape index (κ1) is 9.43. The summed E-state index contributed by atoms with van der Waals surface area (Å²) in [5.74, 6) is -1.11. The van der Waals surface area contributed by atoms with Crippen LogP contribution in [0.1, 0.15) is 26.7 Å². The maximum atomic E-state index is 10.2. The molecule has 0 heterocycles. The minimum atomic E-state index is -1.11. The van der Waals surface area contributed by atoms with Crippen molar-refractivity contribution >= 4 is 5.97 Å². The molecule has 0 spiro atoms. The van der Waals surface area contributed by atoms with Gasteiger partial charge in [-0.15, -0.1) is 0 Å². The Labute approximate surface area is 61.0 Å². The third-order valence-corrected chi connectivity index (χ3v) is 1.18. The Morgan fingerprint density at radius 2 is 2.20 bits per heavy atom. The zero-order valence-corrected chi connectivity index (χ0v) is 6.42. The van der Waals surface area contributed by atoms with Crippen LogP contribution in [-0.4, -0.2) is 18.7 Å². The highest BCUT2D eigenvalue weighted by atomic mass is 16.5. The van der Waals surface area contributed by atoms with Crippen molar-refractivity contribution in [3.63, 3.8) is 0 Å². The minimum absolute atomic E-state index is 0.429. The van der Waals surface area contributed by atoms with Gasteiger partial charge in [0.2, 0.25) is 0 Å². The summed E-state index contributed by atoms with van der Waals surface area (Å²) >= 11 is 0. The van der Waals surface area contributed by atoms with Crippen LogP contribution in [0.2, 0.25) is 0 Å². The van der Waals surface area contributed by atoms with Crippen LogP contribution in [0.15, 0.2) is 0 Å². The molecule has 10 heavy (non-hydrogen) atoms. The Morgan fingerprint density at radius 3 is 2.50 bits per heavy atom. The summed E-state index contributed by atoms with van der Waals surface area (Å²) in [6.07, 6.45) is 0.629. The Morgan fingerprint density at radius 1 is 1.60 bits per heavy atom. The van der Waals surface area contributed by atoms with Gasteiger partial charge in [0, 0.05) is 6.61 Å². The molecule has 0 aromatic carbocycles. The van der Waals surface area contributed by atoms with E-state index in [2.05, 4.69) is 0 Å². The molecule has 1 unspecified atom stereocenters. The lowest BCUT2D eigenvalue weighted by Gasteiger charge is -2.16. The van der Waals surface area contributed by atoms with E-state index in [1.54, 1.807) is 6.92 Å². The molecule has 0 aromatic rings. The second kappa shape index (κ2) is 5.23. The Bertz CT molecular complexity index is 95.0. The quantitative estimate of drug-likeness (QED) is 0.544. The zero-order chi connectivity index (χ0) is 7.98. The van der Waals surface area contributed by atoms with E-state index in [0.29, 0.717) is 13.0 Å². The van der Waals surface area contributed by atoms with Crippen molar-refractivity contribution in [2.45, 2.75) is 32.8 Å². The van der Waals surface area contributed by atoms with Gasteiger partial charge in [-0.3, -0.25) is 0 Å². The monoisotopic (exact) mass is 145 g/mol. The number of hydrogen-bond acceptors (Lipinski definition) is 3. The SMILES string of the molecule is CCCC(OCC)C(=O)[O-]. The summed E-state index contributed by atoms with van der Waals surface area (Å²) in [4.78, 5) is 10.2. The lowest BCUT2D eigenvalue weighted by molar-refractivity contribution is -0.317. The maximum Gasteiger partial charge on any atom is 0.0968 e.